The third kappa shape index (κ3) is 14.2. The van der Waals surface area contributed by atoms with Crippen LogP contribution in [0.2, 0.25) is 0 Å². The first kappa shape index (κ1) is 50.2. The Morgan fingerprint density at radius 1 is 0.806 bits per heavy atom. The van der Waals surface area contributed by atoms with E-state index in [1.807, 2.05) is 18.2 Å². The summed E-state index contributed by atoms with van der Waals surface area (Å²) in [4.78, 5) is 120. The van der Waals surface area contributed by atoms with Crippen LogP contribution in [0.5, 0.6) is 0 Å². The number of hydrogen-bond acceptors (Lipinski definition) is 12. The number of nitrogens with zero attached hydrogens (tertiary/aromatic N) is 1. The minimum absolute atomic E-state index is 0.0284. The molecule has 22 heteroatoms. The molecule has 1 fully saturated rings. The fourth-order valence-corrected chi connectivity index (χ4v) is 6.63. The molecule has 0 aliphatic carbocycles. The average Bonchev–Trinajstić information content (AvgIpc) is 3.90. The summed E-state index contributed by atoms with van der Waals surface area (Å²) >= 11 is 0. The van der Waals surface area contributed by atoms with Gasteiger partial charge < -0.3 is 68.2 Å². The fraction of sp³-hybridized carbons (Fsp3) is 0.575. The van der Waals surface area contributed by atoms with Crippen molar-refractivity contribution in [2.45, 2.75) is 103 Å². The lowest BCUT2D eigenvalue weighted by Gasteiger charge is -2.31. The van der Waals surface area contributed by atoms with Crippen LogP contribution in [0.4, 0.5) is 0 Å². The Labute approximate surface area is 358 Å². The van der Waals surface area contributed by atoms with Crippen molar-refractivity contribution in [2.75, 3.05) is 32.8 Å². The lowest BCUT2D eigenvalue weighted by molar-refractivity contribution is -0.143. The number of likely N-dealkylation sites (tertiary alicyclic amines) is 1. The zero-order valence-corrected chi connectivity index (χ0v) is 35.5. The maximum Gasteiger partial charge on any atom is 0.326 e. The van der Waals surface area contributed by atoms with Crippen molar-refractivity contribution < 1.29 is 58.5 Å². The molecule has 8 atom stereocenters. The van der Waals surface area contributed by atoms with Gasteiger partial charge in [-0.3, -0.25) is 38.4 Å². The van der Waals surface area contributed by atoms with Crippen molar-refractivity contribution in [1.29, 1.82) is 0 Å². The highest BCUT2D eigenvalue weighted by molar-refractivity contribution is 5.97. The lowest BCUT2D eigenvalue weighted by Crippen LogP contribution is -2.59. The number of aliphatic carboxylic acids is 1. The second-order valence-corrected chi connectivity index (χ2v) is 15.6. The molecular weight excluding hydrogens is 812 g/mol. The number of fused-ring (bicyclic) bond motifs is 1. The van der Waals surface area contributed by atoms with Crippen molar-refractivity contribution in [2.24, 2.45) is 17.6 Å². The highest BCUT2D eigenvalue weighted by Crippen LogP contribution is 2.21. The number of amides is 8. The van der Waals surface area contributed by atoms with E-state index >= 15 is 0 Å². The van der Waals surface area contributed by atoms with Crippen molar-refractivity contribution in [1.82, 2.24) is 47.1 Å². The van der Waals surface area contributed by atoms with E-state index in [1.54, 1.807) is 40.0 Å². The summed E-state index contributed by atoms with van der Waals surface area (Å²) in [6, 6.07) is -0.148. The number of aromatic amines is 1. The van der Waals surface area contributed by atoms with Crippen molar-refractivity contribution in [3.63, 3.8) is 0 Å². The normalized spacial score (nSPS) is 17.0. The molecule has 62 heavy (non-hydrogen) atoms. The van der Waals surface area contributed by atoms with Gasteiger partial charge in [0.1, 0.15) is 36.3 Å². The van der Waals surface area contributed by atoms with E-state index in [1.165, 1.54) is 11.8 Å². The quantitative estimate of drug-likeness (QED) is 0.0516. The molecule has 1 aliphatic heterocycles. The molecule has 0 unspecified atom stereocenters. The van der Waals surface area contributed by atoms with Gasteiger partial charge in [-0.15, -0.1) is 0 Å². The summed E-state index contributed by atoms with van der Waals surface area (Å²) in [5, 5.41) is 46.9. The Balaban J connectivity index is 1.50. The smallest absolute Gasteiger partial charge is 0.326 e. The molecular formula is C40H60N10O12. The Hall–Kier alpha value is -6.13. The first-order chi connectivity index (χ1) is 29.3. The van der Waals surface area contributed by atoms with Crippen LogP contribution >= 0.6 is 0 Å². The number of hydrogen-bond donors (Lipinski definition) is 12. The first-order valence-electron chi connectivity index (χ1n) is 20.4. The van der Waals surface area contributed by atoms with E-state index < -0.39 is 128 Å². The number of para-hydroxylation sites is 1. The number of aliphatic hydroxyl groups is 2. The lowest BCUT2D eigenvalue weighted by atomic mass is 9.97. The van der Waals surface area contributed by atoms with Gasteiger partial charge in [-0.25, -0.2) is 4.79 Å². The third-order valence-corrected chi connectivity index (χ3v) is 10.5. The Bertz CT molecular complexity index is 1940. The van der Waals surface area contributed by atoms with Crippen LogP contribution in [0.25, 0.3) is 10.9 Å². The second-order valence-electron chi connectivity index (χ2n) is 15.6. The van der Waals surface area contributed by atoms with Gasteiger partial charge in [-0.2, -0.15) is 0 Å². The predicted molar refractivity (Wildman–Crippen MR) is 222 cm³/mol. The maximum absolute atomic E-state index is 13.8. The van der Waals surface area contributed by atoms with Crippen molar-refractivity contribution in [3.05, 3.63) is 36.0 Å². The summed E-state index contributed by atoms with van der Waals surface area (Å²) in [5.41, 5.74) is 7.16. The molecule has 13 N–H and O–H groups in total. The molecule has 0 radical (unpaired) electrons. The molecule has 0 bridgehead atoms. The van der Waals surface area contributed by atoms with Crippen molar-refractivity contribution in [3.8, 4) is 0 Å². The number of carboxylic acid groups (broad SMARTS) is 1. The number of rotatable bonds is 23. The molecule has 22 nitrogen and oxygen atoms in total. The van der Waals surface area contributed by atoms with E-state index in [4.69, 9.17) is 5.73 Å². The number of nitrogens with two attached hydrogens (primary N) is 1. The zero-order chi connectivity index (χ0) is 46.3. The molecule has 2 aromatic rings. The summed E-state index contributed by atoms with van der Waals surface area (Å²) in [5.74, 6) is -8.24. The van der Waals surface area contributed by atoms with Gasteiger partial charge in [0.15, 0.2) is 0 Å². The summed E-state index contributed by atoms with van der Waals surface area (Å²) in [6.07, 6.45) is 1.54. The van der Waals surface area contributed by atoms with Crippen molar-refractivity contribution >= 4 is 64.1 Å². The zero-order valence-electron chi connectivity index (χ0n) is 35.5. The van der Waals surface area contributed by atoms with Crippen LogP contribution in [0.1, 0.15) is 59.4 Å². The van der Waals surface area contributed by atoms with Gasteiger partial charge in [-0.1, -0.05) is 52.3 Å². The van der Waals surface area contributed by atoms with Crippen LogP contribution in [-0.4, -0.2) is 154 Å². The highest BCUT2D eigenvalue weighted by Gasteiger charge is 2.40. The fourth-order valence-electron chi connectivity index (χ4n) is 6.63. The van der Waals surface area contributed by atoms with E-state index in [9.17, 15) is 58.5 Å². The van der Waals surface area contributed by atoms with Gasteiger partial charge in [0.25, 0.3) is 0 Å². The van der Waals surface area contributed by atoms with E-state index in [0.717, 1.165) is 10.9 Å². The Kier molecular flexibility index (Phi) is 19.2. The van der Waals surface area contributed by atoms with Gasteiger partial charge in [0, 0.05) is 30.1 Å². The first-order valence-corrected chi connectivity index (χ1v) is 20.4. The number of H-pyrrole nitrogens is 1. The van der Waals surface area contributed by atoms with E-state index in [-0.39, 0.29) is 25.3 Å². The molecule has 3 rings (SSSR count). The average molecular weight is 873 g/mol. The molecule has 1 aromatic heterocycles. The van der Waals surface area contributed by atoms with Crippen LogP contribution < -0.4 is 43.0 Å². The monoisotopic (exact) mass is 872 g/mol. The SMILES string of the molecule is CC[C@H](C)[C@H](NC(=O)[C@@H](N)[C@@H](C)O)C(=O)NCC(=O)N[C@H](C(=O)N1CCC[C@H]1C(=O)N[C@@H](CO)C(=O)NCC(=O)NCC(=O)N[C@@H](Cc1c[nH]c2ccccc12)C(=O)O)C(C)C. The topological polar surface area (TPSA) is 344 Å². The van der Waals surface area contributed by atoms with Gasteiger partial charge >= 0.3 is 5.97 Å². The second kappa shape index (κ2) is 23.8. The molecule has 2 heterocycles. The van der Waals surface area contributed by atoms with Gasteiger partial charge in [0.2, 0.25) is 47.3 Å². The van der Waals surface area contributed by atoms with Crippen LogP contribution in [0, 0.1) is 11.8 Å². The number of benzene rings is 1. The summed E-state index contributed by atoms with van der Waals surface area (Å²) in [7, 11) is 0. The molecule has 8 amide bonds. The van der Waals surface area contributed by atoms with Crippen LogP contribution in [0.3, 0.4) is 0 Å². The summed E-state index contributed by atoms with van der Waals surface area (Å²) in [6.45, 7) is 5.61. The standard InChI is InChI=1S/C40H60N10O12/c1-6-21(4)34(49-37(58)32(41)22(5)52)38(59)45-18-31(55)48-33(20(2)3)39(60)50-13-9-12-28(50)36(57)47-27(19-51)35(56)44-16-29(53)43-17-30(54)46-26(40(61)62)14-23-15-42-25-11-8-7-10-24(23)25/h7-8,10-11,15,20-22,26-28,32-34,42,51-52H,6,9,12-14,16-19,41H2,1-5H3,(H,43,53)(H,44,56)(H,45,59)(H,46,54)(H,47,57)(H,48,55)(H,49,58)(H,61,62)/t21-,22+,26-,27-,28-,32-,33-,34-/m0/s1. The minimum Gasteiger partial charge on any atom is -0.480 e. The largest absolute Gasteiger partial charge is 0.480 e. The highest BCUT2D eigenvalue weighted by atomic mass is 16.4. The minimum atomic E-state index is -1.53. The molecule has 0 saturated carbocycles. The molecule has 1 saturated heterocycles. The molecule has 342 valence electrons. The van der Waals surface area contributed by atoms with E-state index in [0.29, 0.717) is 18.4 Å². The van der Waals surface area contributed by atoms with Gasteiger partial charge in [0.05, 0.1) is 32.3 Å². The van der Waals surface area contributed by atoms with Crippen LogP contribution in [-0.2, 0) is 49.6 Å². The third-order valence-electron chi connectivity index (χ3n) is 10.5. The van der Waals surface area contributed by atoms with Gasteiger partial charge in [-0.05, 0) is 43.2 Å². The molecule has 1 aromatic carbocycles. The van der Waals surface area contributed by atoms with Crippen LogP contribution in [0.15, 0.2) is 30.5 Å². The van der Waals surface area contributed by atoms with E-state index in [2.05, 4.69) is 42.2 Å². The number of carbonyl (C=O) groups is 9. The summed E-state index contributed by atoms with van der Waals surface area (Å²) < 4.78 is 0. The maximum atomic E-state index is 13.8. The molecule has 1 aliphatic rings. The predicted octanol–water partition coefficient (Wildman–Crippen LogP) is -3.52. The number of aromatic nitrogens is 1. The number of carboxylic acids is 1. The molecule has 0 spiro atoms. The number of carbonyl (C=O) groups excluding carboxylic acids is 8. The number of aliphatic hydroxyl groups excluding tert-OH is 2. The number of nitrogens with one attached hydrogen (secondary N) is 8. The Morgan fingerprint density at radius 2 is 1.44 bits per heavy atom. The Morgan fingerprint density at radius 3 is 2.06 bits per heavy atom.